The predicted molar refractivity (Wildman–Crippen MR) is 104 cm³/mol. The minimum atomic E-state index is -0.703. The molecule has 2 nitrogen and oxygen atoms in total. The van der Waals surface area contributed by atoms with Gasteiger partial charge in [-0.25, -0.2) is 0 Å². The summed E-state index contributed by atoms with van der Waals surface area (Å²) in [4.78, 5) is 10.3. The lowest BCUT2D eigenvalue weighted by atomic mass is 10.1. The van der Waals surface area contributed by atoms with E-state index < -0.39 is 5.97 Å². The first-order chi connectivity index (χ1) is 11.8. The smallest absolute Gasteiger partial charge is 0.303 e. The van der Waals surface area contributed by atoms with Gasteiger partial charge in [0.15, 0.2) is 0 Å². The molecule has 0 aromatic carbocycles. The van der Waals surface area contributed by atoms with E-state index in [2.05, 4.69) is 36.1 Å². The lowest BCUT2D eigenvalue weighted by Crippen LogP contribution is -1.92. The van der Waals surface area contributed by atoms with Crippen molar-refractivity contribution < 1.29 is 9.90 Å². The molecule has 0 aliphatic rings. The first kappa shape index (κ1) is 22.2. The summed E-state index contributed by atoms with van der Waals surface area (Å²) in [7, 11) is 0. The number of hydrogen-bond acceptors (Lipinski definition) is 1. The molecule has 0 saturated heterocycles. The number of allylic oxidation sites excluding steroid dienone is 7. The average Bonchev–Trinajstić information content (AvgIpc) is 2.56. The fourth-order valence-electron chi connectivity index (χ4n) is 2.26. The zero-order valence-corrected chi connectivity index (χ0v) is 15.3. The second kappa shape index (κ2) is 19.3. The standard InChI is InChI=1S/C22H34O2/c1-2-3-4-5-6-7-8-9-10-11-12-13-14-15-16-17-18-19-20-21-22(23)24/h2,4,12-17H,5-11,18-21H2,1H3,(H,23,24)/b13-12+,15-14+,17-16+. The van der Waals surface area contributed by atoms with Gasteiger partial charge in [-0.15, -0.1) is 5.73 Å². The maximum absolute atomic E-state index is 10.3. The van der Waals surface area contributed by atoms with Crippen LogP contribution >= 0.6 is 0 Å². The highest BCUT2D eigenvalue weighted by Crippen LogP contribution is 2.07. The Morgan fingerprint density at radius 1 is 0.792 bits per heavy atom. The van der Waals surface area contributed by atoms with E-state index >= 15 is 0 Å². The third-order valence-electron chi connectivity index (χ3n) is 3.62. The van der Waals surface area contributed by atoms with E-state index in [0.29, 0.717) is 0 Å². The molecule has 0 amide bonds. The molecule has 24 heavy (non-hydrogen) atoms. The monoisotopic (exact) mass is 330 g/mol. The number of hydrogen-bond donors (Lipinski definition) is 1. The number of carboxylic acids is 1. The highest BCUT2D eigenvalue weighted by molar-refractivity contribution is 5.66. The maximum Gasteiger partial charge on any atom is 0.303 e. The van der Waals surface area contributed by atoms with Crippen molar-refractivity contribution in [2.75, 3.05) is 0 Å². The van der Waals surface area contributed by atoms with Crippen LogP contribution in [0.4, 0.5) is 0 Å². The molecule has 0 aliphatic carbocycles. The molecular formula is C22H34O2. The average molecular weight is 331 g/mol. The number of unbranched alkanes of at least 4 members (excludes halogenated alkanes) is 8. The normalized spacial score (nSPS) is 11.4. The zero-order chi connectivity index (χ0) is 17.7. The molecule has 134 valence electrons. The van der Waals surface area contributed by atoms with E-state index in [1.807, 2.05) is 25.2 Å². The van der Waals surface area contributed by atoms with E-state index in [-0.39, 0.29) is 6.42 Å². The highest BCUT2D eigenvalue weighted by Gasteiger charge is 1.93. The van der Waals surface area contributed by atoms with Crippen molar-refractivity contribution in [3.05, 3.63) is 54.3 Å². The fourth-order valence-corrected chi connectivity index (χ4v) is 2.26. The van der Waals surface area contributed by atoms with Crippen LogP contribution in [-0.4, -0.2) is 11.1 Å². The largest absolute Gasteiger partial charge is 0.481 e. The Morgan fingerprint density at radius 2 is 1.33 bits per heavy atom. The Labute approximate surface area is 148 Å². The quantitative estimate of drug-likeness (QED) is 0.204. The van der Waals surface area contributed by atoms with Gasteiger partial charge in [-0.1, -0.05) is 55.7 Å². The first-order valence-electron chi connectivity index (χ1n) is 9.33. The molecule has 2 heteroatoms. The molecule has 0 bridgehead atoms. The number of aliphatic carboxylic acids is 1. The Morgan fingerprint density at radius 3 is 1.92 bits per heavy atom. The zero-order valence-electron chi connectivity index (χ0n) is 15.3. The number of carbonyl (C=O) groups is 1. The van der Waals surface area contributed by atoms with Crippen molar-refractivity contribution >= 4 is 5.97 Å². The van der Waals surface area contributed by atoms with E-state index in [1.54, 1.807) is 0 Å². The summed E-state index contributed by atoms with van der Waals surface area (Å²) in [5.41, 5.74) is 3.11. The van der Waals surface area contributed by atoms with Gasteiger partial charge in [0.1, 0.15) is 0 Å². The Kier molecular flexibility index (Phi) is 17.8. The van der Waals surface area contributed by atoms with Gasteiger partial charge in [0.2, 0.25) is 0 Å². The van der Waals surface area contributed by atoms with Gasteiger partial charge in [0, 0.05) is 6.42 Å². The van der Waals surface area contributed by atoms with Crippen molar-refractivity contribution in [2.45, 2.75) is 77.6 Å². The topological polar surface area (TPSA) is 37.3 Å². The Balaban J connectivity index is 3.36. The van der Waals surface area contributed by atoms with Crippen LogP contribution in [0, 0.1) is 0 Å². The van der Waals surface area contributed by atoms with Crippen LogP contribution in [-0.2, 0) is 4.79 Å². The van der Waals surface area contributed by atoms with Gasteiger partial charge in [-0.3, -0.25) is 4.79 Å². The van der Waals surface area contributed by atoms with Crippen molar-refractivity contribution in [3.63, 3.8) is 0 Å². The van der Waals surface area contributed by atoms with Crippen molar-refractivity contribution in [1.82, 2.24) is 0 Å². The summed E-state index contributed by atoms with van der Waals surface area (Å²) in [6.07, 6.45) is 28.4. The van der Waals surface area contributed by atoms with Gasteiger partial charge in [0.05, 0.1) is 0 Å². The molecule has 0 rings (SSSR count). The molecule has 0 fully saturated rings. The summed E-state index contributed by atoms with van der Waals surface area (Å²) in [6.45, 7) is 2.00. The second-order valence-electron chi connectivity index (χ2n) is 5.89. The summed E-state index contributed by atoms with van der Waals surface area (Å²) in [5, 5.41) is 8.52. The minimum absolute atomic E-state index is 0.277. The summed E-state index contributed by atoms with van der Waals surface area (Å²) in [5.74, 6) is -0.703. The van der Waals surface area contributed by atoms with Gasteiger partial charge in [-0.2, -0.15) is 0 Å². The first-order valence-corrected chi connectivity index (χ1v) is 9.33. The van der Waals surface area contributed by atoms with Gasteiger partial charge in [-0.05, 0) is 64.0 Å². The molecule has 1 N–H and O–H groups in total. The van der Waals surface area contributed by atoms with Gasteiger partial charge >= 0.3 is 5.97 Å². The van der Waals surface area contributed by atoms with E-state index in [1.165, 1.54) is 32.1 Å². The van der Waals surface area contributed by atoms with Crippen molar-refractivity contribution in [3.8, 4) is 0 Å². The van der Waals surface area contributed by atoms with Crippen LogP contribution in [0.15, 0.2) is 54.3 Å². The van der Waals surface area contributed by atoms with Crippen molar-refractivity contribution in [1.29, 1.82) is 0 Å². The summed E-state index contributed by atoms with van der Waals surface area (Å²) < 4.78 is 0. The van der Waals surface area contributed by atoms with Gasteiger partial charge in [0.25, 0.3) is 0 Å². The SMILES string of the molecule is CC=C=CCCCCCCC/C=C/C=C/C=C/CCCCC(=O)O. The van der Waals surface area contributed by atoms with Crippen LogP contribution in [0.2, 0.25) is 0 Å². The third-order valence-corrected chi connectivity index (χ3v) is 3.62. The van der Waals surface area contributed by atoms with E-state index in [9.17, 15) is 4.79 Å². The molecule has 0 radical (unpaired) electrons. The Bertz CT molecular complexity index is 435. The Hall–Kier alpha value is -1.79. The van der Waals surface area contributed by atoms with E-state index in [0.717, 1.165) is 32.1 Å². The van der Waals surface area contributed by atoms with Crippen LogP contribution < -0.4 is 0 Å². The molecule has 0 atom stereocenters. The lowest BCUT2D eigenvalue weighted by Gasteiger charge is -1.97. The molecule has 0 aromatic heterocycles. The minimum Gasteiger partial charge on any atom is -0.481 e. The van der Waals surface area contributed by atoms with Gasteiger partial charge < -0.3 is 5.11 Å². The number of carboxylic acid groups (broad SMARTS) is 1. The van der Waals surface area contributed by atoms with E-state index in [4.69, 9.17) is 5.11 Å². The molecule has 0 unspecified atom stereocenters. The third kappa shape index (κ3) is 20.2. The molecule has 0 heterocycles. The fraction of sp³-hybridized carbons (Fsp3) is 0.545. The molecule has 0 saturated carbocycles. The van der Waals surface area contributed by atoms with Crippen LogP contribution in [0.3, 0.4) is 0 Å². The summed E-state index contributed by atoms with van der Waals surface area (Å²) in [6, 6.07) is 0. The number of rotatable bonds is 15. The van der Waals surface area contributed by atoms with Crippen LogP contribution in [0.25, 0.3) is 0 Å². The molecular weight excluding hydrogens is 296 g/mol. The molecule has 0 spiro atoms. The van der Waals surface area contributed by atoms with Crippen LogP contribution in [0.5, 0.6) is 0 Å². The predicted octanol–water partition coefficient (Wildman–Crippen LogP) is 6.76. The lowest BCUT2D eigenvalue weighted by molar-refractivity contribution is -0.137. The van der Waals surface area contributed by atoms with Crippen molar-refractivity contribution in [2.24, 2.45) is 0 Å². The second-order valence-corrected chi connectivity index (χ2v) is 5.89. The maximum atomic E-state index is 10.3. The summed E-state index contributed by atoms with van der Waals surface area (Å²) >= 11 is 0. The molecule has 0 aliphatic heterocycles. The highest BCUT2D eigenvalue weighted by atomic mass is 16.4. The molecule has 0 aromatic rings. The van der Waals surface area contributed by atoms with Crippen LogP contribution in [0.1, 0.15) is 77.6 Å².